The minimum absolute atomic E-state index is 0.0443. The van der Waals surface area contributed by atoms with Gasteiger partial charge in [0.05, 0.1) is 19.5 Å². The Hall–Kier alpha value is -1.88. The van der Waals surface area contributed by atoms with Crippen molar-refractivity contribution in [3.8, 4) is 0 Å². The van der Waals surface area contributed by atoms with E-state index in [0.29, 0.717) is 0 Å². The Bertz CT molecular complexity index is 664. The summed E-state index contributed by atoms with van der Waals surface area (Å²) >= 11 is 0. The number of anilines is 1. The second-order valence-corrected chi connectivity index (χ2v) is 4.49. The molecule has 0 saturated carbocycles. The van der Waals surface area contributed by atoms with E-state index in [1.807, 2.05) is 0 Å². The van der Waals surface area contributed by atoms with Crippen molar-refractivity contribution in [2.75, 3.05) is 18.9 Å². The van der Waals surface area contributed by atoms with Crippen LogP contribution in [0.2, 0.25) is 0 Å². The number of ether oxygens (including phenoxy) is 1. The van der Waals surface area contributed by atoms with Gasteiger partial charge in [-0.2, -0.15) is 14.4 Å². The Morgan fingerprint density at radius 3 is 2.85 bits per heavy atom. The van der Waals surface area contributed by atoms with Crippen LogP contribution in [0.3, 0.4) is 0 Å². The first-order chi connectivity index (χ1) is 9.49. The van der Waals surface area contributed by atoms with E-state index in [-0.39, 0.29) is 23.6 Å². The Balaban J connectivity index is 2.23. The number of nitrogens with two attached hydrogens (primary N) is 1. The Kier molecular flexibility index (Phi) is 2.83. The fourth-order valence-corrected chi connectivity index (χ4v) is 2.31. The van der Waals surface area contributed by atoms with Crippen LogP contribution in [-0.2, 0) is 10.5 Å². The van der Waals surface area contributed by atoms with Crippen LogP contribution in [0.4, 0.5) is 10.2 Å². The van der Waals surface area contributed by atoms with Gasteiger partial charge in [-0.15, -0.1) is 0 Å². The number of imidazole rings is 1. The molecule has 0 bridgehead atoms. The molecule has 108 valence electrons. The van der Waals surface area contributed by atoms with Gasteiger partial charge in [0.25, 0.3) is 0 Å². The molecule has 1 fully saturated rings. The van der Waals surface area contributed by atoms with Crippen molar-refractivity contribution in [1.82, 2.24) is 19.5 Å². The zero-order valence-electron chi connectivity index (χ0n) is 10.1. The van der Waals surface area contributed by atoms with Crippen LogP contribution in [0.15, 0.2) is 6.33 Å². The normalized spacial score (nSPS) is 30.2. The maximum absolute atomic E-state index is 13.3. The molecule has 3 heterocycles. The average molecular weight is 285 g/mol. The van der Waals surface area contributed by atoms with Crippen LogP contribution < -0.4 is 5.73 Å². The summed E-state index contributed by atoms with van der Waals surface area (Å²) in [4.78, 5) is 10.8. The van der Waals surface area contributed by atoms with E-state index < -0.39 is 30.6 Å². The van der Waals surface area contributed by atoms with Gasteiger partial charge in [-0.05, 0) is 0 Å². The van der Waals surface area contributed by atoms with Crippen LogP contribution in [0.25, 0.3) is 11.2 Å². The molecule has 20 heavy (non-hydrogen) atoms. The van der Waals surface area contributed by atoms with Crippen LogP contribution in [0, 0.1) is 6.08 Å². The van der Waals surface area contributed by atoms with Crippen LogP contribution in [0.5, 0.6) is 0 Å². The number of nitrogens with zero attached hydrogens (tertiary/aromatic N) is 4. The zero-order valence-corrected chi connectivity index (χ0v) is 10.1. The predicted molar refractivity (Wildman–Crippen MR) is 62.7 cm³/mol. The first-order valence-electron chi connectivity index (χ1n) is 5.77. The van der Waals surface area contributed by atoms with Gasteiger partial charge in [0.1, 0.15) is 12.2 Å². The Morgan fingerprint density at radius 1 is 1.50 bits per heavy atom. The summed E-state index contributed by atoms with van der Waals surface area (Å²) in [5, 5.41) is 29.2. The van der Waals surface area contributed by atoms with Gasteiger partial charge in [-0.3, -0.25) is 4.57 Å². The molecule has 0 unspecified atom stereocenters. The van der Waals surface area contributed by atoms with Gasteiger partial charge in [0.2, 0.25) is 0 Å². The van der Waals surface area contributed by atoms with Crippen molar-refractivity contribution in [2.45, 2.75) is 17.9 Å². The molecule has 3 atom stereocenters. The highest BCUT2D eigenvalue weighted by atomic mass is 19.1. The van der Waals surface area contributed by atoms with Crippen LogP contribution in [-0.4, -0.2) is 60.3 Å². The summed E-state index contributed by atoms with van der Waals surface area (Å²) in [6.45, 7) is -0.855. The van der Waals surface area contributed by atoms with Crippen molar-refractivity contribution in [2.24, 2.45) is 0 Å². The minimum Gasteiger partial charge on any atom is -0.391 e. The average Bonchev–Trinajstić information content (AvgIpc) is 2.94. The van der Waals surface area contributed by atoms with E-state index in [1.54, 1.807) is 0 Å². The SMILES string of the molecule is Nc1nc(F)nc2c1ncn2[C@@]1(CO)OC[C@H](O)[C@@H]1O. The molecule has 0 amide bonds. The second kappa shape index (κ2) is 4.31. The lowest BCUT2D eigenvalue weighted by Gasteiger charge is -2.31. The monoisotopic (exact) mass is 285 g/mol. The van der Waals surface area contributed by atoms with E-state index in [2.05, 4.69) is 15.0 Å². The lowest BCUT2D eigenvalue weighted by molar-refractivity contribution is -0.149. The Labute approximate surface area is 111 Å². The molecular formula is C10H12FN5O4. The van der Waals surface area contributed by atoms with Crippen molar-refractivity contribution >= 4 is 17.0 Å². The first kappa shape index (κ1) is 13.1. The third kappa shape index (κ3) is 1.59. The molecule has 10 heteroatoms. The summed E-state index contributed by atoms with van der Waals surface area (Å²) in [6.07, 6.45) is -2.50. The number of aliphatic hydroxyl groups is 3. The highest BCUT2D eigenvalue weighted by molar-refractivity contribution is 5.81. The molecule has 3 rings (SSSR count). The topological polar surface area (TPSA) is 140 Å². The second-order valence-electron chi connectivity index (χ2n) is 4.49. The predicted octanol–water partition coefficient (Wildman–Crippen LogP) is -2.06. The summed E-state index contributed by atoms with van der Waals surface area (Å²) in [5.41, 5.74) is 3.90. The summed E-state index contributed by atoms with van der Waals surface area (Å²) in [6, 6.07) is 0. The number of aliphatic hydroxyl groups excluding tert-OH is 3. The third-order valence-corrected chi connectivity index (χ3v) is 3.36. The fourth-order valence-electron chi connectivity index (χ4n) is 2.31. The molecule has 1 saturated heterocycles. The van der Waals surface area contributed by atoms with E-state index in [1.165, 1.54) is 6.33 Å². The number of halogens is 1. The molecule has 5 N–H and O–H groups in total. The summed E-state index contributed by atoms with van der Waals surface area (Å²) < 4.78 is 19.7. The van der Waals surface area contributed by atoms with Gasteiger partial charge in [0, 0.05) is 0 Å². The zero-order chi connectivity index (χ0) is 14.5. The van der Waals surface area contributed by atoms with Crippen molar-refractivity contribution in [3.63, 3.8) is 0 Å². The lowest BCUT2D eigenvalue weighted by atomic mass is 10.1. The molecule has 0 spiro atoms. The molecule has 9 nitrogen and oxygen atoms in total. The highest BCUT2D eigenvalue weighted by Crippen LogP contribution is 2.34. The highest BCUT2D eigenvalue weighted by Gasteiger charge is 2.51. The molecule has 1 aliphatic rings. The molecule has 2 aromatic heterocycles. The molecular weight excluding hydrogens is 273 g/mol. The molecule has 0 aliphatic carbocycles. The number of hydrogen-bond donors (Lipinski definition) is 4. The van der Waals surface area contributed by atoms with E-state index in [9.17, 15) is 19.7 Å². The van der Waals surface area contributed by atoms with Gasteiger partial charge >= 0.3 is 6.08 Å². The Morgan fingerprint density at radius 2 is 2.25 bits per heavy atom. The van der Waals surface area contributed by atoms with Gasteiger partial charge in [-0.25, -0.2) is 4.98 Å². The summed E-state index contributed by atoms with van der Waals surface area (Å²) in [5.74, 6) is -0.174. The number of nitrogen functional groups attached to an aromatic ring is 1. The molecule has 0 aromatic carbocycles. The lowest BCUT2D eigenvalue weighted by Crippen LogP contribution is -2.48. The van der Waals surface area contributed by atoms with Crippen molar-refractivity contribution in [3.05, 3.63) is 12.4 Å². The van der Waals surface area contributed by atoms with E-state index in [0.717, 1.165) is 4.57 Å². The fraction of sp³-hybridized carbons (Fsp3) is 0.500. The van der Waals surface area contributed by atoms with Gasteiger partial charge in [0.15, 0.2) is 22.7 Å². The van der Waals surface area contributed by atoms with Crippen LogP contribution >= 0.6 is 0 Å². The van der Waals surface area contributed by atoms with Crippen molar-refractivity contribution < 1.29 is 24.4 Å². The number of aromatic nitrogens is 4. The summed E-state index contributed by atoms with van der Waals surface area (Å²) in [7, 11) is 0. The van der Waals surface area contributed by atoms with Crippen molar-refractivity contribution in [1.29, 1.82) is 0 Å². The smallest absolute Gasteiger partial charge is 0.312 e. The first-order valence-corrected chi connectivity index (χ1v) is 5.77. The largest absolute Gasteiger partial charge is 0.391 e. The third-order valence-electron chi connectivity index (χ3n) is 3.36. The molecule has 2 aromatic rings. The number of rotatable bonds is 2. The molecule has 0 radical (unpaired) electrons. The number of fused-ring (bicyclic) bond motifs is 1. The van der Waals surface area contributed by atoms with Gasteiger partial charge < -0.3 is 25.8 Å². The van der Waals surface area contributed by atoms with Crippen LogP contribution in [0.1, 0.15) is 0 Å². The quantitative estimate of drug-likeness (QED) is 0.462. The maximum Gasteiger partial charge on any atom is 0.312 e. The van der Waals surface area contributed by atoms with E-state index in [4.69, 9.17) is 10.5 Å². The maximum atomic E-state index is 13.3. The minimum atomic E-state index is -1.69. The molecule has 1 aliphatic heterocycles. The van der Waals surface area contributed by atoms with Gasteiger partial charge in [-0.1, -0.05) is 0 Å². The number of hydrogen-bond acceptors (Lipinski definition) is 8. The van der Waals surface area contributed by atoms with E-state index >= 15 is 0 Å². The standard InChI is InChI=1S/C10H12FN5O4/c11-9-14-7(12)5-8(15-9)16(3-13-5)10(2-17)6(19)4(18)1-20-10/h3-4,6,17-19H,1-2H2,(H2,12,14,15)/t4-,6-,10-/m0/s1.